The molecular weight excluding hydrogens is 166 g/mol. The SMILES string of the molecule is NNc1ccc(-c2ncco2)cc1. The average molecular weight is 175 g/mol. The number of aromatic nitrogens is 1. The van der Waals surface area contributed by atoms with Gasteiger partial charge in [-0.05, 0) is 24.3 Å². The molecule has 0 bridgehead atoms. The molecule has 0 aliphatic rings. The van der Waals surface area contributed by atoms with Crippen molar-refractivity contribution in [3.05, 3.63) is 36.7 Å². The number of hydrazine groups is 1. The maximum absolute atomic E-state index is 5.23. The molecule has 0 saturated carbocycles. The Morgan fingerprint density at radius 2 is 2.00 bits per heavy atom. The Hall–Kier alpha value is -1.81. The van der Waals surface area contributed by atoms with Gasteiger partial charge in [-0.2, -0.15) is 0 Å². The van der Waals surface area contributed by atoms with Crippen LogP contribution in [0.5, 0.6) is 0 Å². The number of anilines is 1. The monoisotopic (exact) mass is 175 g/mol. The minimum absolute atomic E-state index is 0.614. The summed E-state index contributed by atoms with van der Waals surface area (Å²) in [7, 11) is 0. The molecule has 1 heterocycles. The summed E-state index contributed by atoms with van der Waals surface area (Å²) in [5.74, 6) is 5.84. The number of nitrogen functional groups attached to an aromatic ring is 1. The lowest BCUT2D eigenvalue weighted by Crippen LogP contribution is -2.05. The molecule has 2 aromatic rings. The van der Waals surface area contributed by atoms with Crippen molar-refractivity contribution in [2.24, 2.45) is 5.84 Å². The topological polar surface area (TPSA) is 64.1 Å². The highest BCUT2D eigenvalue weighted by Gasteiger charge is 2.00. The standard InChI is InChI=1S/C9H9N3O/c10-12-8-3-1-7(2-4-8)9-11-5-6-13-9/h1-6,12H,10H2. The number of oxazole rings is 1. The number of hydrogen-bond acceptors (Lipinski definition) is 4. The van der Waals surface area contributed by atoms with Gasteiger partial charge in [-0.15, -0.1) is 0 Å². The van der Waals surface area contributed by atoms with Crippen LogP contribution in [-0.4, -0.2) is 4.98 Å². The van der Waals surface area contributed by atoms with Crippen LogP contribution in [0.25, 0.3) is 11.5 Å². The van der Waals surface area contributed by atoms with Crippen LogP contribution in [0.4, 0.5) is 5.69 Å². The number of nitrogens with two attached hydrogens (primary N) is 1. The molecule has 0 atom stereocenters. The maximum atomic E-state index is 5.23. The summed E-state index contributed by atoms with van der Waals surface area (Å²) in [6, 6.07) is 7.50. The van der Waals surface area contributed by atoms with Gasteiger partial charge >= 0.3 is 0 Å². The van der Waals surface area contributed by atoms with Crippen molar-refractivity contribution in [1.82, 2.24) is 4.98 Å². The van der Waals surface area contributed by atoms with Gasteiger partial charge in [0.05, 0.1) is 6.20 Å². The molecule has 1 aromatic heterocycles. The third-order valence-electron chi connectivity index (χ3n) is 1.73. The van der Waals surface area contributed by atoms with Gasteiger partial charge in [0.2, 0.25) is 5.89 Å². The molecular formula is C9H9N3O. The van der Waals surface area contributed by atoms with E-state index in [2.05, 4.69) is 10.4 Å². The first-order valence-corrected chi connectivity index (χ1v) is 3.87. The zero-order valence-corrected chi connectivity index (χ0v) is 6.90. The van der Waals surface area contributed by atoms with Crippen molar-refractivity contribution in [3.8, 4) is 11.5 Å². The van der Waals surface area contributed by atoms with E-state index in [4.69, 9.17) is 10.3 Å². The fourth-order valence-electron chi connectivity index (χ4n) is 1.08. The van der Waals surface area contributed by atoms with E-state index in [1.54, 1.807) is 12.5 Å². The first-order valence-electron chi connectivity index (χ1n) is 3.87. The second-order valence-corrected chi connectivity index (χ2v) is 2.56. The van der Waals surface area contributed by atoms with Crippen LogP contribution in [0.1, 0.15) is 0 Å². The number of nitrogens with zero attached hydrogens (tertiary/aromatic N) is 1. The largest absolute Gasteiger partial charge is 0.445 e. The van der Waals surface area contributed by atoms with Crippen LogP contribution < -0.4 is 11.3 Å². The number of benzene rings is 1. The lowest BCUT2D eigenvalue weighted by atomic mass is 10.2. The van der Waals surface area contributed by atoms with E-state index in [0.29, 0.717) is 5.89 Å². The summed E-state index contributed by atoms with van der Waals surface area (Å²) >= 11 is 0. The normalized spacial score (nSPS) is 9.92. The fraction of sp³-hybridized carbons (Fsp3) is 0. The molecule has 0 radical (unpaired) electrons. The summed E-state index contributed by atoms with van der Waals surface area (Å²) in [6.45, 7) is 0. The second kappa shape index (κ2) is 3.28. The van der Waals surface area contributed by atoms with Gasteiger partial charge in [0, 0.05) is 11.3 Å². The molecule has 4 heteroatoms. The van der Waals surface area contributed by atoms with Gasteiger partial charge in [-0.1, -0.05) is 0 Å². The average Bonchev–Trinajstić information content (AvgIpc) is 2.71. The summed E-state index contributed by atoms with van der Waals surface area (Å²) < 4.78 is 5.13. The lowest BCUT2D eigenvalue weighted by molar-refractivity contribution is 0.574. The van der Waals surface area contributed by atoms with E-state index in [9.17, 15) is 0 Å². The lowest BCUT2D eigenvalue weighted by Gasteiger charge is -1.99. The van der Waals surface area contributed by atoms with Crippen LogP contribution >= 0.6 is 0 Å². The highest BCUT2D eigenvalue weighted by molar-refractivity contribution is 5.57. The van der Waals surface area contributed by atoms with Gasteiger partial charge in [0.15, 0.2) is 0 Å². The van der Waals surface area contributed by atoms with Crippen molar-refractivity contribution in [2.45, 2.75) is 0 Å². The molecule has 4 nitrogen and oxygen atoms in total. The van der Waals surface area contributed by atoms with Gasteiger partial charge in [0.1, 0.15) is 6.26 Å². The summed E-state index contributed by atoms with van der Waals surface area (Å²) in [5.41, 5.74) is 4.34. The predicted molar refractivity (Wildman–Crippen MR) is 49.7 cm³/mol. The van der Waals surface area contributed by atoms with E-state index < -0.39 is 0 Å². The highest BCUT2D eigenvalue weighted by Crippen LogP contribution is 2.18. The van der Waals surface area contributed by atoms with Gasteiger partial charge in [-0.3, -0.25) is 5.84 Å². The van der Waals surface area contributed by atoms with Crippen molar-refractivity contribution >= 4 is 5.69 Å². The molecule has 0 saturated heterocycles. The van der Waals surface area contributed by atoms with Gasteiger partial charge in [0.25, 0.3) is 0 Å². The van der Waals surface area contributed by atoms with Gasteiger partial charge < -0.3 is 9.84 Å². The Morgan fingerprint density at radius 1 is 1.23 bits per heavy atom. The Kier molecular flexibility index (Phi) is 1.97. The molecule has 0 amide bonds. The first-order chi connectivity index (χ1) is 6.40. The van der Waals surface area contributed by atoms with Crippen LogP contribution in [0.3, 0.4) is 0 Å². The number of rotatable bonds is 2. The molecule has 3 N–H and O–H groups in total. The van der Waals surface area contributed by atoms with E-state index in [-0.39, 0.29) is 0 Å². The third kappa shape index (κ3) is 1.52. The molecule has 1 aromatic carbocycles. The fourth-order valence-corrected chi connectivity index (χ4v) is 1.08. The van der Waals surface area contributed by atoms with E-state index >= 15 is 0 Å². The Labute approximate surface area is 75.4 Å². The van der Waals surface area contributed by atoms with E-state index in [0.717, 1.165) is 11.3 Å². The van der Waals surface area contributed by atoms with Crippen molar-refractivity contribution in [2.75, 3.05) is 5.43 Å². The van der Waals surface area contributed by atoms with Crippen molar-refractivity contribution < 1.29 is 4.42 Å². The quantitative estimate of drug-likeness (QED) is 0.537. The van der Waals surface area contributed by atoms with Gasteiger partial charge in [-0.25, -0.2) is 4.98 Å². The molecule has 0 aliphatic heterocycles. The summed E-state index contributed by atoms with van der Waals surface area (Å²) in [5, 5.41) is 0. The van der Waals surface area contributed by atoms with Crippen molar-refractivity contribution in [3.63, 3.8) is 0 Å². The first kappa shape index (κ1) is 7.82. The Morgan fingerprint density at radius 3 is 2.54 bits per heavy atom. The van der Waals surface area contributed by atoms with Crippen LogP contribution in [0, 0.1) is 0 Å². The molecule has 0 unspecified atom stereocenters. The molecule has 0 fully saturated rings. The Balaban J connectivity index is 2.33. The van der Waals surface area contributed by atoms with E-state index in [1.807, 2.05) is 24.3 Å². The third-order valence-corrected chi connectivity index (χ3v) is 1.73. The van der Waals surface area contributed by atoms with Crippen LogP contribution in [-0.2, 0) is 0 Å². The molecule has 0 aliphatic carbocycles. The molecule has 66 valence electrons. The molecule has 13 heavy (non-hydrogen) atoms. The smallest absolute Gasteiger partial charge is 0.225 e. The maximum Gasteiger partial charge on any atom is 0.225 e. The minimum atomic E-state index is 0.614. The van der Waals surface area contributed by atoms with E-state index in [1.165, 1.54) is 0 Å². The molecule has 0 spiro atoms. The van der Waals surface area contributed by atoms with Crippen LogP contribution in [0.2, 0.25) is 0 Å². The Bertz CT molecular complexity index is 366. The zero-order chi connectivity index (χ0) is 9.10. The predicted octanol–water partition coefficient (Wildman–Crippen LogP) is 1.63. The number of hydrogen-bond donors (Lipinski definition) is 2. The summed E-state index contributed by atoms with van der Waals surface area (Å²) in [6.07, 6.45) is 3.16. The highest BCUT2D eigenvalue weighted by atomic mass is 16.3. The summed E-state index contributed by atoms with van der Waals surface area (Å²) in [4.78, 5) is 4.02. The second-order valence-electron chi connectivity index (χ2n) is 2.56. The zero-order valence-electron chi connectivity index (χ0n) is 6.90. The molecule has 2 rings (SSSR count). The minimum Gasteiger partial charge on any atom is -0.445 e. The van der Waals surface area contributed by atoms with Crippen LogP contribution in [0.15, 0.2) is 41.1 Å². The number of nitrogens with one attached hydrogen (secondary N) is 1. The van der Waals surface area contributed by atoms with Crippen molar-refractivity contribution in [1.29, 1.82) is 0 Å².